The molecule has 1 atom stereocenters. The lowest BCUT2D eigenvalue weighted by molar-refractivity contribution is -0.143. The van der Waals surface area contributed by atoms with Gasteiger partial charge in [0.1, 0.15) is 12.6 Å². The summed E-state index contributed by atoms with van der Waals surface area (Å²) in [6.07, 6.45) is -2.03. The van der Waals surface area contributed by atoms with Crippen LogP contribution in [0.3, 0.4) is 0 Å². The normalized spacial score (nSPS) is 20.1. The van der Waals surface area contributed by atoms with Gasteiger partial charge in [-0.25, -0.2) is 0 Å². The van der Waals surface area contributed by atoms with Gasteiger partial charge in [0.05, 0.1) is 5.88 Å². The molecule has 0 spiro atoms. The summed E-state index contributed by atoms with van der Waals surface area (Å²) >= 11 is 1.35. The van der Waals surface area contributed by atoms with E-state index in [1.54, 1.807) is 13.0 Å². The van der Waals surface area contributed by atoms with Gasteiger partial charge < -0.3 is 10.2 Å². The standard InChI is InChI=1S/C12H17F3N2O2S/c1-3-4-8(2)11(19)17-7-20-5-9(17)10(18)16-6-12(13,14)15/h4,9H,3,5-7H2,1-2H3,(H,16,18)/b8-4+/t9-/m1/s1. The molecule has 114 valence electrons. The van der Waals surface area contributed by atoms with E-state index in [0.29, 0.717) is 23.6 Å². The van der Waals surface area contributed by atoms with Crippen LogP contribution in [0.2, 0.25) is 0 Å². The van der Waals surface area contributed by atoms with Gasteiger partial charge in [-0.3, -0.25) is 9.59 Å². The molecule has 0 aliphatic carbocycles. The van der Waals surface area contributed by atoms with Crippen LogP contribution in [0.25, 0.3) is 0 Å². The van der Waals surface area contributed by atoms with Crippen molar-refractivity contribution in [2.24, 2.45) is 0 Å². The predicted octanol–water partition coefficient (Wildman–Crippen LogP) is 1.92. The number of alkyl halides is 3. The van der Waals surface area contributed by atoms with Crippen LogP contribution in [0, 0.1) is 0 Å². The summed E-state index contributed by atoms with van der Waals surface area (Å²) in [5, 5.41) is 1.83. The highest BCUT2D eigenvalue weighted by Gasteiger charge is 2.36. The Morgan fingerprint density at radius 1 is 1.45 bits per heavy atom. The fourth-order valence-electron chi connectivity index (χ4n) is 1.79. The van der Waals surface area contributed by atoms with E-state index in [4.69, 9.17) is 0 Å². The zero-order chi connectivity index (χ0) is 15.3. The molecule has 0 aromatic carbocycles. The molecule has 1 aliphatic heterocycles. The second kappa shape index (κ2) is 7.01. The molecule has 1 N–H and O–H groups in total. The highest BCUT2D eigenvalue weighted by atomic mass is 32.2. The molecule has 1 heterocycles. The first kappa shape index (κ1) is 16.9. The Bertz CT molecular complexity index is 410. The molecule has 1 aliphatic rings. The molecule has 1 fully saturated rings. The zero-order valence-corrected chi connectivity index (χ0v) is 12.1. The lowest BCUT2D eigenvalue weighted by atomic mass is 10.2. The number of thioether (sulfide) groups is 1. The van der Waals surface area contributed by atoms with Crippen molar-refractivity contribution in [2.45, 2.75) is 32.5 Å². The Morgan fingerprint density at radius 2 is 2.10 bits per heavy atom. The van der Waals surface area contributed by atoms with E-state index in [2.05, 4.69) is 0 Å². The van der Waals surface area contributed by atoms with Crippen molar-refractivity contribution in [1.29, 1.82) is 0 Å². The number of rotatable bonds is 4. The first-order chi connectivity index (χ1) is 9.26. The van der Waals surface area contributed by atoms with Crippen molar-refractivity contribution in [3.63, 3.8) is 0 Å². The molecule has 0 aromatic heterocycles. The molecule has 0 saturated carbocycles. The van der Waals surface area contributed by atoms with Crippen molar-refractivity contribution in [3.8, 4) is 0 Å². The van der Waals surface area contributed by atoms with E-state index < -0.39 is 24.7 Å². The monoisotopic (exact) mass is 310 g/mol. The number of halogens is 3. The number of carbonyl (C=O) groups excluding carboxylic acids is 2. The van der Waals surface area contributed by atoms with Crippen molar-refractivity contribution in [2.75, 3.05) is 18.2 Å². The molecule has 8 heteroatoms. The summed E-state index contributed by atoms with van der Waals surface area (Å²) in [6, 6.07) is -0.838. The second-order valence-electron chi connectivity index (χ2n) is 4.42. The summed E-state index contributed by atoms with van der Waals surface area (Å²) < 4.78 is 36.2. The number of hydrogen-bond acceptors (Lipinski definition) is 3. The van der Waals surface area contributed by atoms with Gasteiger partial charge in [-0.05, 0) is 13.3 Å². The number of amides is 2. The van der Waals surface area contributed by atoms with Crippen molar-refractivity contribution in [3.05, 3.63) is 11.6 Å². The van der Waals surface area contributed by atoms with Gasteiger partial charge in [-0.2, -0.15) is 13.2 Å². The van der Waals surface area contributed by atoms with Crippen LogP contribution in [-0.4, -0.2) is 47.1 Å². The lowest BCUT2D eigenvalue weighted by Crippen LogP contribution is -2.49. The van der Waals surface area contributed by atoms with Gasteiger partial charge >= 0.3 is 6.18 Å². The first-order valence-corrected chi connectivity index (χ1v) is 7.31. The third kappa shape index (κ3) is 4.73. The Morgan fingerprint density at radius 3 is 2.65 bits per heavy atom. The molecule has 1 rings (SSSR count). The van der Waals surface area contributed by atoms with Crippen LogP contribution in [0.1, 0.15) is 20.3 Å². The molecule has 1 saturated heterocycles. The molecule has 0 aromatic rings. The number of nitrogens with one attached hydrogen (secondary N) is 1. The van der Waals surface area contributed by atoms with E-state index in [9.17, 15) is 22.8 Å². The minimum absolute atomic E-state index is 0.302. The largest absolute Gasteiger partial charge is 0.405 e. The predicted molar refractivity (Wildman–Crippen MR) is 71.1 cm³/mol. The number of carbonyl (C=O) groups is 2. The maximum Gasteiger partial charge on any atom is 0.405 e. The molecular formula is C12H17F3N2O2S. The topological polar surface area (TPSA) is 49.4 Å². The van der Waals surface area contributed by atoms with Crippen LogP contribution in [0.15, 0.2) is 11.6 Å². The summed E-state index contributed by atoms with van der Waals surface area (Å²) in [6.45, 7) is 2.14. The quantitative estimate of drug-likeness (QED) is 0.807. The highest BCUT2D eigenvalue weighted by molar-refractivity contribution is 7.99. The smallest absolute Gasteiger partial charge is 0.345 e. The molecule has 20 heavy (non-hydrogen) atoms. The molecule has 2 amide bonds. The minimum Gasteiger partial charge on any atom is -0.345 e. The van der Waals surface area contributed by atoms with Crippen LogP contribution >= 0.6 is 11.8 Å². The van der Waals surface area contributed by atoms with E-state index in [0.717, 1.165) is 0 Å². The van der Waals surface area contributed by atoms with Gasteiger partial charge in [-0.1, -0.05) is 13.0 Å². The average Bonchev–Trinajstić information content (AvgIpc) is 2.83. The fraction of sp³-hybridized carbons (Fsp3) is 0.667. The SMILES string of the molecule is CC/C=C(\C)C(=O)N1CSC[C@@H]1C(=O)NCC(F)(F)F. The van der Waals surface area contributed by atoms with Gasteiger partial charge in [0.25, 0.3) is 5.91 Å². The summed E-state index contributed by atoms with van der Waals surface area (Å²) in [5.41, 5.74) is 0.503. The fourth-order valence-corrected chi connectivity index (χ4v) is 2.94. The van der Waals surface area contributed by atoms with Crippen molar-refractivity contribution in [1.82, 2.24) is 10.2 Å². The van der Waals surface area contributed by atoms with E-state index in [1.807, 2.05) is 12.2 Å². The van der Waals surface area contributed by atoms with Crippen LogP contribution in [0.5, 0.6) is 0 Å². The number of nitrogens with zero attached hydrogens (tertiary/aromatic N) is 1. The summed E-state index contributed by atoms with van der Waals surface area (Å²) in [7, 11) is 0. The van der Waals surface area contributed by atoms with Gasteiger partial charge in [-0.15, -0.1) is 11.8 Å². The zero-order valence-electron chi connectivity index (χ0n) is 11.3. The van der Waals surface area contributed by atoms with Gasteiger partial charge in [0, 0.05) is 11.3 Å². The summed E-state index contributed by atoms with van der Waals surface area (Å²) in [5.74, 6) is -0.430. The first-order valence-electron chi connectivity index (χ1n) is 6.16. The maximum absolute atomic E-state index is 12.1. The molecular weight excluding hydrogens is 293 g/mol. The second-order valence-corrected chi connectivity index (χ2v) is 5.42. The highest BCUT2D eigenvalue weighted by Crippen LogP contribution is 2.23. The number of allylic oxidation sites excluding steroid dienone is 1. The van der Waals surface area contributed by atoms with E-state index in [-0.39, 0.29) is 5.91 Å². The van der Waals surface area contributed by atoms with E-state index in [1.165, 1.54) is 16.7 Å². The van der Waals surface area contributed by atoms with Gasteiger partial charge in [0.15, 0.2) is 0 Å². The third-order valence-electron chi connectivity index (χ3n) is 2.76. The molecule has 0 unspecified atom stereocenters. The van der Waals surface area contributed by atoms with Crippen LogP contribution in [-0.2, 0) is 9.59 Å². The minimum atomic E-state index is -4.45. The Balaban J connectivity index is 2.67. The van der Waals surface area contributed by atoms with Gasteiger partial charge in [0.2, 0.25) is 5.91 Å². The van der Waals surface area contributed by atoms with E-state index >= 15 is 0 Å². The average molecular weight is 310 g/mol. The lowest BCUT2D eigenvalue weighted by Gasteiger charge is -2.23. The number of hydrogen-bond donors (Lipinski definition) is 1. The third-order valence-corrected chi connectivity index (χ3v) is 3.77. The van der Waals surface area contributed by atoms with Crippen LogP contribution < -0.4 is 5.32 Å². The Hall–Kier alpha value is -1.18. The summed E-state index contributed by atoms with van der Waals surface area (Å²) in [4.78, 5) is 25.2. The van der Waals surface area contributed by atoms with Crippen molar-refractivity contribution < 1.29 is 22.8 Å². The molecule has 0 bridgehead atoms. The maximum atomic E-state index is 12.1. The Labute approximate surface area is 119 Å². The Kier molecular flexibility index (Phi) is 5.91. The molecule has 0 radical (unpaired) electrons. The van der Waals surface area contributed by atoms with Crippen molar-refractivity contribution >= 4 is 23.6 Å². The molecule has 4 nitrogen and oxygen atoms in total. The van der Waals surface area contributed by atoms with Crippen LogP contribution in [0.4, 0.5) is 13.2 Å².